The SMILES string of the molecule is Cc1nc(N2C[C@@H](CC(=O)Nc3cccc(C(F)(F)F)c3)C[C@H]2C(=O)O)c2oc3ccccc3c2n1. The summed E-state index contributed by atoms with van der Waals surface area (Å²) in [6.45, 7) is 1.91. The van der Waals surface area contributed by atoms with E-state index in [-0.39, 0.29) is 31.0 Å². The number of alkyl halides is 3. The summed E-state index contributed by atoms with van der Waals surface area (Å²) in [6.07, 6.45) is -4.43. The normalized spacial score (nSPS) is 18.2. The number of carboxylic acid groups (broad SMARTS) is 1. The van der Waals surface area contributed by atoms with Crippen LogP contribution in [0.2, 0.25) is 0 Å². The van der Waals surface area contributed by atoms with Gasteiger partial charge in [-0.25, -0.2) is 14.8 Å². The van der Waals surface area contributed by atoms with Crippen LogP contribution in [0.15, 0.2) is 52.9 Å². The molecule has 1 saturated heterocycles. The number of aryl methyl sites for hydroxylation is 1. The Morgan fingerprint density at radius 3 is 2.69 bits per heavy atom. The first-order valence-electron chi connectivity index (χ1n) is 11.2. The Bertz CT molecular complexity index is 1480. The van der Waals surface area contributed by atoms with Crippen LogP contribution in [-0.4, -0.2) is 39.5 Å². The van der Waals surface area contributed by atoms with Crippen molar-refractivity contribution in [3.8, 4) is 0 Å². The average molecular weight is 498 g/mol. The number of carbonyl (C=O) groups is 2. The highest BCUT2D eigenvalue weighted by molar-refractivity contribution is 6.06. The molecule has 2 N–H and O–H groups in total. The third-order valence-electron chi connectivity index (χ3n) is 6.21. The van der Waals surface area contributed by atoms with Gasteiger partial charge in [0.15, 0.2) is 11.4 Å². The minimum atomic E-state index is -4.53. The monoisotopic (exact) mass is 498 g/mol. The number of carboxylic acids is 1. The maximum atomic E-state index is 13.0. The summed E-state index contributed by atoms with van der Waals surface area (Å²) < 4.78 is 44.9. The molecule has 186 valence electrons. The number of hydrogen-bond donors (Lipinski definition) is 2. The second-order valence-electron chi connectivity index (χ2n) is 8.81. The summed E-state index contributed by atoms with van der Waals surface area (Å²) >= 11 is 0. The van der Waals surface area contributed by atoms with Gasteiger partial charge < -0.3 is 19.7 Å². The van der Waals surface area contributed by atoms with E-state index in [0.717, 1.165) is 17.5 Å². The Morgan fingerprint density at radius 1 is 1.17 bits per heavy atom. The number of benzene rings is 2. The van der Waals surface area contributed by atoms with E-state index in [1.165, 1.54) is 12.1 Å². The Hall–Kier alpha value is -4.15. The molecule has 0 aliphatic carbocycles. The van der Waals surface area contributed by atoms with Crippen LogP contribution in [0.1, 0.15) is 24.2 Å². The summed E-state index contributed by atoms with van der Waals surface area (Å²) in [5.41, 5.74) is 0.684. The number of hydrogen-bond acceptors (Lipinski definition) is 6. The van der Waals surface area contributed by atoms with Crippen LogP contribution in [0.5, 0.6) is 0 Å². The number of para-hydroxylation sites is 1. The fourth-order valence-electron chi connectivity index (χ4n) is 4.67. The summed E-state index contributed by atoms with van der Waals surface area (Å²) in [5, 5.41) is 13.2. The molecule has 11 heteroatoms. The molecule has 2 atom stereocenters. The van der Waals surface area contributed by atoms with Crippen molar-refractivity contribution in [2.75, 3.05) is 16.8 Å². The van der Waals surface area contributed by atoms with E-state index >= 15 is 0 Å². The quantitative estimate of drug-likeness (QED) is 0.398. The molecule has 0 radical (unpaired) electrons. The Kier molecular flexibility index (Phi) is 5.77. The molecule has 1 aliphatic rings. The molecule has 1 amide bonds. The average Bonchev–Trinajstić information content (AvgIpc) is 3.40. The maximum absolute atomic E-state index is 13.0. The number of carbonyl (C=O) groups excluding carboxylic acids is 1. The molecule has 0 bridgehead atoms. The number of fused-ring (bicyclic) bond motifs is 3. The number of amides is 1. The molecule has 36 heavy (non-hydrogen) atoms. The van der Waals surface area contributed by atoms with Gasteiger partial charge in [-0.1, -0.05) is 18.2 Å². The number of nitrogens with one attached hydrogen (secondary N) is 1. The first kappa shape index (κ1) is 23.6. The standard InChI is InChI=1S/C25H21F3N4O4/c1-13-29-21-17-7-2-3-8-19(17)36-22(21)23(30-13)32-12-14(9-18(32)24(34)35)10-20(33)31-16-6-4-5-15(11-16)25(26,27)28/h2-8,11,14,18H,9-10,12H2,1H3,(H,31,33)(H,34,35)/t14-,18+/m1/s1. The highest BCUT2D eigenvalue weighted by Gasteiger charge is 2.40. The van der Waals surface area contributed by atoms with Gasteiger partial charge in [0, 0.05) is 24.0 Å². The predicted molar refractivity (Wildman–Crippen MR) is 126 cm³/mol. The van der Waals surface area contributed by atoms with Crippen molar-refractivity contribution in [3.63, 3.8) is 0 Å². The topological polar surface area (TPSA) is 109 Å². The second-order valence-corrected chi connectivity index (χ2v) is 8.81. The van der Waals surface area contributed by atoms with Crippen molar-refractivity contribution >= 4 is 45.5 Å². The van der Waals surface area contributed by atoms with Crippen molar-refractivity contribution < 1.29 is 32.3 Å². The fourth-order valence-corrected chi connectivity index (χ4v) is 4.67. The van der Waals surface area contributed by atoms with Gasteiger partial charge in [-0.05, 0) is 49.6 Å². The minimum Gasteiger partial charge on any atom is -0.480 e. The van der Waals surface area contributed by atoms with E-state index in [4.69, 9.17) is 4.42 Å². The third kappa shape index (κ3) is 4.43. The first-order valence-corrected chi connectivity index (χ1v) is 11.2. The van der Waals surface area contributed by atoms with Crippen LogP contribution in [0.4, 0.5) is 24.7 Å². The van der Waals surface area contributed by atoms with E-state index < -0.39 is 29.7 Å². The van der Waals surface area contributed by atoms with Gasteiger partial charge in [0.1, 0.15) is 23.0 Å². The van der Waals surface area contributed by atoms with E-state index in [1.54, 1.807) is 17.9 Å². The predicted octanol–water partition coefficient (Wildman–Crippen LogP) is 5.01. The summed E-state index contributed by atoms with van der Waals surface area (Å²) in [4.78, 5) is 35.3. The van der Waals surface area contributed by atoms with E-state index in [9.17, 15) is 27.9 Å². The van der Waals surface area contributed by atoms with Gasteiger partial charge in [0.25, 0.3) is 0 Å². The molecule has 1 aliphatic heterocycles. The van der Waals surface area contributed by atoms with Crippen molar-refractivity contribution in [1.82, 2.24) is 9.97 Å². The molecule has 0 saturated carbocycles. The van der Waals surface area contributed by atoms with Crippen molar-refractivity contribution in [2.45, 2.75) is 32.0 Å². The lowest BCUT2D eigenvalue weighted by Gasteiger charge is -2.22. The highest BCUT2D eigenvalue weighted by Crippen LogP contribution is 2.38. The number of aliphatic carboxylic acids is 1. The van der Waals surface area contributed by atoms with Gasteiger partial charge in [-0.3, -0.25) is 4.79 Å². The number of aromatic nitrogens is 2. The van der Waals surface area contributed by atoms with Crippen LogP contribution in [0, 0.1) is 12.8 Å². The van der Waals surface area contributed by atoms with Crippen LogP contribution >= 0.6 is 0 Å². The largest absolute Gasteiger partial charge is 0.480 e. The Balaban J connectivity index is 1.39. The smallest absolute Gasteiger partial charge is 0.416 e. The highest BCUT2D eigenvalue weighted by atomic mass is 19.4. The number of halogens is 3. The fraction of sp³-hybridized carbons (Fsp3) is 0.280. The van der Waals surface area contributed by atoms with Gasteiger partial charge in [-0.2, -0.15) is 13.2 Å². The molecular formula is C25H21F3N4O4. The Labute approximate surface area is 202 Å². The van der Waals surface area contributed by atoms with Crippen molar-refractivity contribution in [3.05, 3.63) is 59.9 Å². The molecule has 2 aromatic heterocycles. The molecule has 3 heterocycles. The number of rotatable bonds is 5. The molecule has 2 aromatic carbocycles. The van der Waals surface area contributed by atoms with E-state index in [2.05, 4.69) is 15.3 Å². The summed E-state index contributed by atoms with van der Waals surface area (Å²) in [6, 6.07) is 10.7. The molecule has 8 nitrogen and oxygen atoms in total. The lowest BCUT2D eigenvalue weighted by atomic mass is 10.0. The zero-order valence-electron chi connectivity index (χ0n) is 19.0. The minimum absolute atomic E-state index is 0.0230. The van der Waals surface area contributed by atoms with E-state index in [1.807, 2.05) is 18.2 Å². The first-order chi connectivity index (χ1) is 17.1. The lowest BCUT2D eigenvalue weighted by Crippen LogP contribution is -2.36. The van der Waals surface area contributed by atoms with Crippen LogP contribution in [0.3, 0.4) is 0 Å². The second kappa shape index (κ2) is 8.81. The van der Waals surface area contributed by atoms with Crippen LogP contribution < -0.4 is 10.2 Å². The zero-order chi connectivity index (χ0) is 25.6. The number of anilines is 2. The van der Waals surface area contributed by atoms with E-state index in [0.29, 0.717) is 28.3 Å². The molecule has 0 spiro atoms. The molecule has 0 unspecified atom stereocenters. The maximum Gasteiger partial charge on any atom is 0.416 e. The van der Waals surface area contributed by atoms with Gasteiger partial charge in [0.2, 0.25) is 5.91 Å². The lowest BCUT2D eigenvalue weighted by molar-refractivity contribution is -0.139. The molecular weight excluding hydrogens is 477 g/mol. The van der Waals surface area contributed by atoms with Crippen LogP contribution in [0.25, 0.3) is 22.1 Å². The molecule has 1 fully saturated rings. The number of furan rings is 1. The molecule has 5 rings (SSSR count). The van der Waals surface area contributed by atoms with Gasteiger partial charge >= 0.3 is 12.1 Å². The summed E-state index contributed by atoms with van der Waals surface area (Å²) in [7, 11) is 0. The zero-order valence-corrected chi connectivity index (χ0v) is 19.0. The van der Waals surface area contributed by atoms with Gasteiger partial charge in [0.05, 0.1) is 5.56 Å². The van der Waals surface area contributed by atoms with Crippen LogP contribution in [-0.2, 0) is 15.8 Å². The molecule has 4 aromatic rings. The third-order valence-corrected chi connectivity index (χ3v) is 6.21. The van der Waals surface area contributed by atoms with Gasteiger partial charge in [-0.15, -0.1) is 0 Å². The summed E-state index contributed by atoms with van der Waals surface area (Å²) in [5.74, 6) is -1.17. The number of nitrogens with zero attached hydrogens (tertiary/aromatic N) is 3. The van der Waals surface area contributed by atoms with Crippen molar-refractivity contribution in [2.24, 2.45) is 5.92 Å². The Morgan fingerprint density at radius 2 is 1.94 bits per heavy atom. The van der Waals surface area contributed by atoms with Crippen molar-refractivity contribution in [1.29, 1.82) is 0 Å².